The molecule has 0 aliphatic carbocycles. The standard InChI is InChI=1S/C31H42N6O2.C25H30N4O3.CH3F/c1-36-19-11-25(12-20-36)34-31(38)13-21-39-26-8-6-24(7-9-26)29-22-30(27-23-32-15-10-28(27)35-29)33-14-5-18-37-16-3-2-4-17-37;30-25(31)10-16-32-20-7-5-19(6-8-20)23-17-24(21-18-26-12-9-22(21)28-23)27-11-4-15-29-13-2-1-3-14-29;1-2/h6-10,15,22-23,25H,2-5,11-14,16-21H2,1H3,(H,33,35)(H,34,38);5-9,12,17-18H,1-4,10-11,13-16H2,(H,27,28)(H,30,31);1H3/i;;1D. The molecule has 0 radical (unpaired) electrons. The number of carboxylic acid groups (broad SMARTS) is 1. The van der Waals surface area contributed by atoms with Crippen molar-refractivity contribution in [2.75, 3.05) is 103 Å². The van der Waals surface area contributed by atoms with E-state index in [1.54, 1.807) is 12.4 Å². The number of benzene rings is 2. The number of hydrogen-bond acceptors (Lipinski definition) is 13. The van der Waals surface area contributed by atoms with Gasteiger partial charge in [0, 0.05) is 77.2 Å². The summed E-state index contributed by atoms with van der Waals surface area (Å²) in [5, 5.41) is 21.2. The highest BCUT2D eigenvalue weighted by molar-refractivity contribution is 5.94. The number of amides is 1. The summed E-state index contributed by atoms with van der Waals surface area (Å²) in [5.41, 5.74) is 7.73. The molecule has 2 aromatic carbocycles. The zero-order chi connectivity index (χ0) is 51.7. The van der Waals surface area contributed by atoms with Crippen LogP contribution in [0.2, 0.25) is 0 Å². The number of carboxylic acids is 1. The Kier molecular flexibility index (Phi) is 21.2. The van der Waals surface area contributed by atoms with Crippen molar-refractivity contribution in [1.29, 1.82) is 0 Å². The molecule has 390 valence electrons. The monoisotopic (exact) mass is 1000 g/mol. The molecule has 3 saturated heterocycles. The Morgan fingerprint density at radius 3 is 1.58 bits per heavy atom. The number of rotatable bonds is 21. The van der Waals surface area contributed by atoms with Crippen LogP contribution in [-0.4, -0.2) is 151 Å². The van der Waals surface area contributed by atoms with E-state index in [0.29, 0.717) is 18.8 Å². The Labute approximate surface area is 431 Å². The number of carbonyl (C=O) groups is 2. The van der Waals surface area contributed by atoms with Crippen molar-refractivity contribution >= 4 is 45.1 Å². The Bertz CT molecular complexity index is 2630. The number of alkyl halides is 1. The van der Waals surface area contributed by atoms with Gasteiger partial charge in [-0.2, -0.15) is 0 Å². The van der Waals surface area contributed by atoms with Gasteiger partial charge in [0.2, 0.25) is 5.91 Å². The van der Waals surface area contributed by atoms with Crippen molar-refractivity contribution in [2.24, 2.45) is 0 Å². The van der Waals surface area contributed by atoms with Crippen LogP contribution in [-0.2, 0) is 9.59 Å². The molecule has 4 N–H and O–H groups in total. The molecule has 0 bridgehead atoms. The summed E-state index contributed by atoms with van der Waals surface area (Å²) in [4.78, 5) is 48.7. The van der Waals surface area contributed by atoms with Crippen LogP contribution < -0.4 is 25.4 Å². The molecular weight excluding hydrogens is 924 g/mol. The first kappa shape index (κ1) is 52.8. The molecule has 9 rings (SSSR count). The molecule has 0 atom stereocenters. The highest BCUT2D eigenvalue weighted by atomic mass is 19.1. The van der Waals surface area contributed by atoms with Crippen molar-refractivity contribution in [3.63, 3.8) is 0 Å². The molecule has 73 heavy (non-hydrogen) atoms. The summed E-state index contributed by atoms with van der Waals surface area (Å²) >= 11 is 0. The van der Waals surface area contributed by atoms with Gasteiger partial charge in [-0.25, -0.2) is 9.97 Å². The Morgan fingerprint density at radius 1 is 0.671 bits per heavy atom. The van der Waals surface area contributed by atoms with Crippen LogP contribution in [0.5, 0.6) is 11.5 Å². The Morgan fingerprint density at radius 2 is 1.12 bits per heavy atom. The average molecular weight is 1000 g/mol. The summed E-state index contributed by atoms with van der Waals surface area (Å²) in [7, 11) is 1.12. The predicted octanol–water partition coefficient (Wildman–Crippen LogP) is 9.59. The number of hydrogen-bond donors (Lipinski definition) is 4. The van der Waals surface area contributed by atoms with Gasteiger partial charge >= 0.3 is 5.97 Å². The molecule has 0 spiro atoms. The van der Waals surface area contributed by atoms with Crippen molar-refractivity contribution in [3.05, 3.63) is 97.6 Å². The fraction of sp³-hybridized carbons (Fsp3) is 0.474. The van der Waals surface area contributed by atoms with Gasteiger partial charge < -0.3 is 45.2 Å². The third-order valence-corrected chi connectivity index (χ3v) is 13.6. The number of anilines is 2. The SMILES string of the molecule is CN1CCC(NC(=O)CCOc2ccc(-c3cc(NCCCN4CCCCC4)c4cnccc4n3)cc2)CC1.O=C(O)CCOc1ccc(-c2cc(NCCCN3CCCCC3)c3cnccc3n2)cc1.[2H]CF. The van der Waals surface area contributed by atoms with Crippen molar-refractivity contribution in [3.8, 4) is 34.0 Å². The number of nitrogens with zero attached hydrogens (tertiary/aromatic N) is 7. The van der Waals surface area contributed by atoms with Crippen molar-refractivity contribution in [1.82, 2.24) is 40.0 Å². The van der Waals surface area contributed by atoms with Gasteiger partial charge in [0.05, 0.1) is 57.0 Å². The second-order valence-electron chi connectivity index (χ2n) is 19.0. The molecule has 0 unspecified atom stereocenters. The Balaban J connectivity index is 0.000000209. The van der Waals surface area contributed by atoms with Crippen molar-refractivity contribution in [2.45, 2.75) is 83.1 Å². The molecule has 3 fully saturated rings. The van der Waals surface area contributed by atoms with Crippen LogP contribution in [0.25, 0.3) is 44.3 Å². The molecule has 6 aromatic rings. The van der Waals surface area contributed by atoms with E-state index in [1.807, 2.05) is 73.1 Å². The van der Waals surface area contributed by atoms with Gasteiger partial charge in [-0.15, -0.1) is 0 Å². The molecule has 7 heterocycles. The normalized spacial score (nSPS) is 15.8. The summed E-state index contributed by atoms with van der Waals surface area (Å²) in [6.45, 7) is 11.6. The minimum Gasteiger partial charge on any atom is -0.493 e. The average Bonchev–Trinajstić information content (AvgIpc) is 3.43. The van der Waals surface area contributed by atoms with E-state index < -0.39 is 13.1 Å². The number of carbonyl (C=O) groups excluding carboxylic acids is 1. The molecule has 0 saturated carbocycles. The lowest BCUT2D eigenvalue weighted by molar-refractivity contribution is -0.137. The highest BCUT2D eigenvalue weighted by Crippen LogP contribution is 2.31. The highest BCUT2D eigenvalue weighted by Gasteiger charge is 2.19. The number of aliphatic carboxylic acids is 1. The number of ether oxygens (including phenoxy) is 2. The maximum Gasteiger partial charge on any atom is 0.306 e. The lowest BCUT2D eigenvalue weighted by Gasteiger charge is -2.29. The second-order valence-corrected chi connectivity index (χ2v) is 19.0. The van der Waals surface area contributed by atoms with E-state index in [-0.39, 0.29) is 25.0 Å². The van der Waals surface area contributed by atoms with E-state index in [2.05, 4.69) is 59.8 Å². The van der Waals surface area contributed by atoms with Crippen LogP contribution in [0, 0.1) is 0 Å². The fourth-order valence-electron chi connectivity index (χ4n) is 9.56. The summed E-state index contributed by atoms with van der Waals surface area (Å²) in [5.74, 6) is 0.599. The number of aromatic nitrogens is 4. The number of likely N-dealkylation sites (tertiary alicyclic amines) is 3. The predicted molar refractivity (Wildman–Crippen MR) is 290 cm³/mol. The number of nitrogens with one attached hydrogen (secondary N) is 3. The third-order valence-electron chi connectivity index (χ3n) is 13.6. The number of piperidine rings is 3. The van der Waals surface area contributed by atoms with Crippen LogP contribution in [0.3, 0.4) is 0 Å². The minimum atomic E-state index is -1.00. The Hall–Kier alpha value is -6.49. The fourth-order valence-corrected chi connectivity index (χ4v) is 9.56. The van der Waals surface area contributed by atoms with Gasteiger partial charge in [-0.05, 0) is 184 Å². The summed E-state index contributed by atoms with van der Waals surface area (Å²) in [6, 6.07) is 23.9. The number of fused-ring (bicyclic) bond motifs is 2. The molecule has 16 heteroatoms. The lowest BCUT2D eigenvalue weighted by atomic mass is 10.1. The first-order chi connectivity index (χ1) is 36.2. The van der Waals surface area contributed by atoms with Crippen LogP contribution in [0.15, 0.2) is 97.6 Å². The molecule has 3 aliphatic heterocycles. The van der Waals surface area contributed by atoms with E-state index in [4.69, 9.17) is 25.9 Å². The second kappa shape index (κ2) is 29.3. The zero-order valence-corrected chi connectivity index (χ0v) is 42.6. The van der Waals surface area contributed by atoms with Gasteiger partial charge in [-0.3, -0.25) is 23.9 Å². The topological polar surface area (TPSA) is 170 Å². The lowest BCUT2D eigenvalue weighted by Crippen LogP contribution is -2.43. The van der Waals surface area contributed by atoms with Crippen molar-refractivity contribution < 1.29 is 29.9 Å². The molecule has 4 aromatic heterocycles. The van der Waals surface area contributed by atoms with Gasteiger partial charge in [0.1, 0.15) is 11.5 Å². The molecule has 1 amide bonds. The first-order valence-electron chi connectivity index (χ1n) is 26.9. The van der Waals surface area contributed by atoms with E-state index in [1.165, 1.54) is 64.7 Å². The number of pyridine rings is 4. The summed E-state index contributed by atoms with van der Waals surface area (Å²) < 4.78 is 26.9. The zero-order valence-electron chi connectivity index (χ0n) is 43.6. The quantitative estimate of drug-likeness (QED) is 0.0503. The van der Waals surface area contributed by atoms with E-state index >= 15 is 0 Å². The number of halogens is 1. The maximum atomic E-state index is 12.3. The minimum absolute atomic E-state index is 0.0190. The smallest absolute Gasteiger partial charge is 0.306 e. The molecule has 3 aliphatic rings. The molecule has 15 nitrogen and oxygen atoms in total. The largest absolute Gasteiger partial charge is 0.493 e. The van der Waals surface area contributed by atoms with Gasteiger partial charge in [0.15, 0.2) is 0 Å². The molecular formula is C57H75FN10O5. The van der Waals surface area contributed by atoms with Crippen LogP contribution in [0.1, 0.15) is 78.4 Å². The first-order valence-corrected chi connectivity index (χ1v) is 26.2. The van der Waals surface area contributed by atoms with Crippen LogP contribution >= 0.6 is 0 Å². The third kappa shape index (κ3) is 17.3. The maximum absolute atomic E-state index is 12.3. The van der Waals surface area contributed by atoms with Gasteiger partial charge in [-0.1, -0.05) is 12.8 Å². The summed E-state index contributed by atoms with van der Waals surface area (Å²) in [6.07, 6.45) is 19.9. The van der Waals surface area contributed by atoms with E-state index in [0.717, 1.165) is 126 Å². The van der Waals surface area contributed by atoms with Gasteiger partial charge in [0.25, 0.3) is 0 Å². The van der Waals surface area contributed by atoms with Crippen LogP contribution in [0.4, 0.5) is 15.8 Å². The van der Waals surface area contributed by atoms with E-state index in [9.17, 15) is 14.0 Å².